The van der Waals surface area contributed by atoms with Gasteiger partial charge in [0.15, 0.2) is 0 Å². The first-order valence-electron chi connectivity index (χ1n) is 9.84. The zero-order chi connectivity index (χ0) is 22.8. The van der Waals surface area contributed by atoms with E-state index in [4.69, 9.17) is 11.6 Å². The average molecular weight is 460 g/mol. The predicted molar refractivity (Wildman–Crippen MR) is 121 cm³/mol. The summed E-state index contributed by atoms with van der Waals surface area (Å²) >= 11 is 6.00. The lowest BCUT2D eigenvalue weighted by Crippen LogP contribution is -2.18. The van der Waals surface area contributed by atoms with Gasteiger partial charge in [0.25, 0.3) is 5.91 Å². The molecule has 2 heterocycles. The normalized spacial score (nSPS) is 10.8. The van der Waals surface area contributed by atoms with Crippen LogP contribution >= 0.6 is 11.6 Å². The molecule has 0 aliphatic heterocycles. The fourth-order valence-electron chi connectivity index (χ4n) is 3.29. The summed E-state index contributed by atoms with van der Waals surface area (Å²) in [5, 5.41) is 18.8. The first-order valence-corrected chi connectivity index (χ1v) is 10.2. The summed E-state index contributed by atoms with van der Waals surface area (Å²) in [6.45, 7) is 0. The number of hydrogen-bond acceptors (Lipinski definition) is 5. The number of para-hydroxylation sites is 1. The van der Waals surface area contributed by atoms with Gasteiger partial charge in [-0.15, -0.1) is 5.10 Å². The summed E-state index contributed by atoms with van der Waals surface area (Å²) in [4.78, 5) is 13.3. The highest BCUT2D eigenvalue weighted by Gasteiger charge is 2.19. The number of carbonyl (C=O) groups excluding carboxylic acids is 1. The molecular weight excluding hydrogens is 445 g/mol. The van der Waals surface area contributed by atoms with Gasteiger partial charge in [0.2, 0.25) is 0 Å². The van der Waals surface area contributed by atoms with E-state index in [1.165, 1.54) is 33.9 Å². The minimum Gasteiger partial charge on any atom is -0.318 e. The van der Waals surface area contributed by atoms with Crippen molar-refractivity contribution in [2.75, 3.05) is 5.32 Å². The van der Waals surface area contributed by atoms with Crippen LogP contribution in [0.1, 0.15) is 10.5 Å². The first-order chi connectivity index (χ1) is 16.1. The SMILES string of the molecule is O=C(Nc1cc(-n2cnnn2)ccc1F)c1cc(-c2ccc(Cl)cc2)nn1-c1ccccc1. The summed E-state index contributed by atoms with van der Waals surface area (Å²) in [7, 11) is 0. The van der Waals surface area contributed by atoms with Crippen LogP contribution in [0.5, 0.6) is 0 Å². The third-order valence-corrected chi connectivity index (χ3v) is 5.15. The van der Waals surface area contributed by atoms with Gasteiger partial charge in [-0.05, 0) is 59.0 Å². The second-order valence-electron chi connectivity index (χ2n) is 7.04. The maximum absolute atomic E-state index is 14.5. The van der Waals surface area contributed by atoms with Crippen molar-refractivity contribution in [2.24, 2.45) is 0 Å². The Morgan fingerprint density at radius 1 is 0.939 bits per heavy atom. The summed E-state index contributed by atoms with van der Waals surface area (Å²) in [5.74, 6) is -1.12. The predicted octanol–water partition coefficient (Wildman–Crippen LogP) is 4.56. The Morgan fingerprint density at radius 2 is 1.73 bits per heavy atom. The first kappa shape index (κ1) is 20.5. The minimum atomic E-state index is -0.594. The van der Waals surface area contributed by atoms with Gasteiger partial charge in [0, 0.05) is 10.6 Å². The number of carbonyl (C=O) groups is 1. The van der Waals surface area contributed by atoms with Crippen LogP contribution in [0.2, 0.25) is 5.02 Å². The van der Waals surface area contributed by atoms with Crippen LogP contribution in [0.15, 0.2) is 85.2 Å². The average Bonchev–Trinajstić information content (AvgIpc) is 3.52. The third kappa shape index (κ3) is 4.21. The number of hydrogen-bond donors (Lipinski definition) is 1. The van der Waals surface area contributed by atoms with E-state index in [1.807, 2.05) is 42.5 Å². The number of tetrazole rings is 1. The van der Waals surface area contributed by atoms with E-state index in [0.717, 1.165) is 5.56 Å². The molecule has 0 spiro atoms. The van der Waals surface area contributed by atoms with E-state index >= 15 is 0 Å². The molecule has 5 aromatic rings. The Bertz CT molecular complexity index is 1420. The van der Waals surface area contributed by atoms with E-state index < -0.39 is 11.7 Å². The maximum atomic E-state index is 14.5. The molecule has 1 N–H and O–H groups in total. The van der Waals surface area contributed by atoms with Gasteiger partial charge in [-0.2, -0.15) is 5.10 Å². The van der Waals surface area contributed by atoms with Crippen LogP contribution in [0.4, 0.5) is 10.1 Å². The highest BCUT2D eigenvalue weighted by atomic mass is 35.5. The van der Waals surface area contributed by atoms with E-state index in [9.17, 15) is 9.18 Å². The lowest BCUT2D eigenvalue weighted by Gasteiger charge is -2.10. The zero-order valence-electron chi connectivity index (χ0n) is 16.9. The summed E-state index contributed by atoms with van der Waals surface area (Å²) in [6, 6.07) is 22.2. The van der Waals surface area contributed by atoms with E-state index in [-0.39, 0.29) is 11.4 Å². The Kier molecular flexibility index (Phi) is 5.37. The Morgan fingerprint density at radius 3 is 2.45 bits per heavy atom. The highest BCUT2D eigenvalue weighted by molar-refractivity contribution is 6.30. The molecule has 2 aromatic heterocycles. The topological polar surface area (TPSA) is 90.5 Å². The van der Waals surface area contributed by atoms with Gasteiger partial charge in [-0.25, -0.2) is 13.8 Å². The molecule has 33 heavy (non-hydrogen) atoms. The number of halogens is 2. The Labute approximate surface area is 192 Å². The molecule has 0 radical (unpaired) electrons. The molecule has 162 valence electrons. The molecule has 0 unspecified atom stereocenters. The standard InChI is InChI=1S/C23H15ClFN7O/c24-16-8-6-15(7-9-16)20-13-22(32(28-20)17-4-2-1-3-5-17)23(33)27-21-12-18(10-11-19(21)25)31-14-26-29-30-31/h1-14H,(H,27,33). The number of nitrogens with zero attached hydrogens (tertiary/aromatic N) is 6. The molecule has 0 saturated heterocycles. The van der Waals surface area contributed by atoms with Crippen LogP contribution in [0, 0.1) is 5.82 Å². The van der Waals surface area contributed by atoms with E-state index in [0.29, 0.717) is 22.1 Å². The molecule has 1 amide bonds. The smallest absolute Gasteiger partial charge is 0.274 e. The molecule has 0 aliphatic rings. The molecule has 0 bridgehead atoms. The number of nitrogens with one attached hydrogen (secondary N) is 1. The van der Waals surface area contributed by atoms with Gasteiger partial charge >= 0.3 is 0 Å². The van der Waals surface area contributed by atoms with Gasteiger partial charge in [0.1, 0.15) is 17.8 Å². The minimum absolute atomic E-state index is 0.0122. The van der Waals surface area contributed by atoms with E-state index in [1.54, 1.807) is 18.2 Å². The molecule has 8 nitrogen and oxygen atoms in total. The number of benzene rings is 3. The molecular formula is C23H15ClFN7O. The monoisotopic (exact) mass is 459 g/mol. The summed E-state index contributed by atoms with van der Waals surface area (Å²) < 4.78 is 17.4. The second-order valence-corrected chi connectivity index (χ2v) is 7.48. The van der Waals surface area contributed by atoms with Crippen LogP contribution in [-0.2, 0) is 0 Å². The fraction of sp³-hybridized carbons (Fsp3) is 0. The van der Waals surface area contributed by atoms with Crippen LogP contribution in [-0.4, -0.2) is 35.9 Å². The largest absolute Gasteiger partial charge is 0.318 e. The number of rotatable bonds is 5. The molecule has 0 atom stereocenters. The molecule has 3 aromatic carbocycles. The van der Waals surface area contributed by atoms with E-state index in [2.05, 4.69) is 25.9 Å². The zero-order valence-corrected chi connectivity index (χ0v) is 17.7. The quantitative estimate of drug-likeness (QED) is 0.416. The Balaban J connectivity index is 1.53. The third-order valence-electron chi connectivity index (χ3n) is 4.89. The van der Waals surface area contributed by atoms with Crippen molar-refractivity contribution in [1.82, 2.24) is 30.0 Å². The van der Waals surface area contributed by atoms with Crippen LogP contribution in [0.3, 0.4) is 0 Å². The van der Waals surface area contributed by atoms with Gasteiger partial charge in [0.05, 0.1) is 22.8 Å². The number of anilines is 1. The van der Waals surface area contributed by atoms with Crippen LogP contribution in [0.25, 0.3) is 22.6 Å². The number of aromatic nitrogens is 6. The van der Waals surface area contributed by atoms with Gasteiger partial charge in [-0.3, -0.25) is 4.79 Å². The van der Waals surface area contributed by atoms with Crippen LogP contribution < -0.4 is 5.32 Å². The van der Waals surface area contributed by atoms with Crippen molar-refractivity contribution in [3.63, 3.8) is 0 Å². The lowest BCUT2D eigenvalue weighted by molar-refractivity contribution is 0.101. The Hall–Kier alpha value is -4.37. The molecule has 0 saturated carbocycles. The van der Waals surface area contributed by atoms with Gasteiger partial charge in [-0.1, -0.05) is 41.9 Å². The van der Waals surface area contributed by atoms with Crippen molar-refractivity contribution in [1.29, 1.82) is 0 Å². The lowest BCUT2D eigenvalue weighted by atomic mass is 10.1. The molecule has 0 aliphatic carbocycles. The second kappa shape index (κ2) is 8.64. The summed E-state index contributed by atoms with van der Waals surface area (Å²) in [6.07, 6.45) is 1.38. The van der Waals surface area contributed by atoms with Crippen molar-refractivity contribution in [3.8, 4) is 22.6 Å². The highest BCUT2D eigenvalue weighted by Crippen LogP contribution is 2.25. The van der Waals surface area contributed by atoms with Crippen molar-refractivity contribution in [2.45, 2.75) is 0 Å². The van der Waals surface area contributed by atoms with Crippen molar-refractivity contribution >= 4 is 23.2 Å². The van der Waals surface area contributed by atoms with Gasteiger partial charge < -0.3 is 5.32 Å². The summed E-state index contributed by atoms with van der Waals surface area (Å²) in [5.41, 5.74) is 2.76. The van der Waals surface area contributed by atoms with Crippen molar-refractivity contribution < 1.29 is 9.18 Å². The number of amides is 1. The molecule has 10 heteroatoms. The molecule has 5 rings (SSSR count). The maximum Gasteiger partial charge on any atom is 0.274 e. The molecule has 0 fully saturated rings. The van der Waals surface area contributed by atoms with Crippen molar-refractivity contribution in [3.05, 3.63) is 102 Å². The fourth-order valence-corrected chi connectivity index (χ4v) is 3.41.